The number of hydrogen-bond acceptors (Lipinski definition) is 3. The van der Waals surface area contributed by atoms with E-state index in [1.165, 1.54) is 0 Å². The number of amides is 3. The van der Waals surface area contributed by atoms with Crippen LogP contribution in [-0.4, -0.2) is 31.5 Å². The average Bonchev–Trinajstić information content (AvgIpc) is 2.18. The van der Waals surface area contributed by atoms with Gasteiger partial charge in [-0.2, -0.15) is 0 Å². The van der Waals surface area contributed by atoms with Crippen molar-refractivity contribution in [2.24, 2.45) is 5.73 Å². The molecule has 0 aliphatic heterocycles. The van der Waals surface area contributed by atoms with Gasteiger partial charge in [-0.3, -0.25) is 10.1 Å². The van der Waals surface area contributed by atoms with E-state index in [9.17, 15) is 9.59 Å². The second kappa shape index (κ2) is 7.95. The molecule has 0 atom stereocenters. The van der Waals surface area contributed by atoms with Gasteiger partial charge in [0.25, 0.3) is 0 Å². The Labute approximate surface area is 95.1 Å². The molecule has 3 amide bonds. The summed E-state index contributed by atoms with van der Waals surface area (Å²) in [5.41, 5.74) is 4.81. The highest BCUT2D eigenvalue weighted by Crippen LogP contribution is 2.26. The summed E-state index contributed by atoms with van der Waals surface area (Å²) in [4.78, 5) is 28.8. The van der Waals surface area contributed by atoms with Crippen LogP contribution in [0.4, 0.5) is 4.79 Å². The van der Waals surface area contributed by atoms with Crippen molar-refractivity contribution < 1.29 is 14.4 Å². The molecule has 4 N–H and O–H groups in total. The Kier molecular flexibility index (Phi) is 9.11. The first-order valence-corrected chi connectivity index (χ1v) is 5.89. The van der Waals surface area contributed by atoms with Gasteiger partial charge in [0.2, 0.25) is 5.91 Å². The number of carbonyl (C=O) groups is 2. The first-order chi connectivity index (χ1) is 6.46. The fraction of sp³-hybridized carbons (Fsp3) is 0.714. The maximum Gasteiger partial charge on any atom is 0.318 e. The van der Waals surface area contributed by atoms with E-state index in [1.807, 2.05) is 19.2 Å². The first-order valence-electron chi connectivity index (χ1n) is 4.20. The summed E-state index contributed by atoms with van der Waals surface area (Å²) in [6.45, 7) is 3.72. The third-order valence-electron chi connectivity index (χ3n) is 1.76. The molecule has 0 aromatic rings. The van der Waals surface area contributed by atoms with Gasteiger partial charge in [-0.1, -0.05) is 29.8 Å². The molecule has 0 aromatic heterocycles. The van der Waals surface area contributed by atoms with Gasteiger partial charge < -0.3 is 10.5 Å². The van der Waals surface area contributed by atoms with Crippen molar-refractivity contribution in [3.8, 4) is 0 Å². The van der Waals surface area contributed by atoms with Crippen LogP contribution < -0.4 is 11.1 Å². The van der Waals surface area contributed by atoms with Crippen LogP contribution in [-0.2, 0) is 4.79 Å². The molecule has 0 rings (SSSR count). The number of imide groups is 1. The zero-order valence-electron chi connectivity index (χ0n) is 8.63. The molecule has 0 spiro atoms. The lowest BCUT2D eigenvalue weighted by Gasteiger charge is -2.21. The van der Waals surface area contributed by atoms with E-state index < -0.39 is 10.4 Å². The van der Waals surface area contributed by atoms with Crippen molar-refractivity contribution in [1.29, 1.82) is 0 Å². The summed E-state index contributed by atoms with van der Waals surface area (Å²) in [6, 6.07) is -0.814. The molecular formula is C7H17BrN2O3Si. The van der Waals surface area contributed by atoms with Gasteiger partial charge >= 0.3 is 6.03 Å². The van der Waals surface area contributed by atoms with Gasteiger partial charge in [0.15, 0.2) is 0 Å². The summed E-state index contributed by atoms with van der Waals surface area (Å²) in [5, 5.41) is 2.04. The molecule has 5 nitrogen and oxygen atoms in total. The highest BCUT2D eigenvalue weighted by molar-refractivity contribution is 9.10. The smallest absolute Gasteiger partial charge is 0.318 e. The number of alkyl halides is 1. The van der Waals surface area contributed by atoms with Crippen molar-refractivity contribution in [3.05, 3.63) is 0 Å². The van der Waals surface area contributed by atoms with E-state index in [0.29, 0.717) is 23.3 Å². The number of nitrogens with two attached hydrogens (primary N) is 1. The molecule has 0 heterocycles. The van der Waals surface area contributed by atoms with Crippen LogP contribution in [0.25, 0.3) is 0 Å². The largest absolute Gasteiger partial charge is 0.442 e. The third-order valence-corrected chi connectivity index (χ3v) is 3.25. The second-order valence-electron chi connectivity index (χ2n) is 2.49. The van der Waals surface area contributed by atoms with Gasteiger partial charge in [-0.15, -0.1) is 0 Å². The van der Waals surface area contributed by atoms with Crippen LogP contribution in [0, 0.1) is 0 Å². The summed E-state index contributed by atoms with van der Waals surface area (Å²) in [7, 11) is 0.306. The minimum atomic E-state index is -0.814. The Morgan fingerprint density at radius 1 is 1.43 bits per heavy atom. The minimum absolute atomic E-state index is 0.306. The van der Waals surface area contributed by atoms with Gasteiger partial charge in [0.1, 0.15) is 14.8 Å². The number of rotatable bonds is 3. The molecule has 0 bridgehead atoms. The Hall–Kier alpha value is -0.403. The normalized spacial score (nSPS) is 10.0. The molecule has 0 aliphatic rings. The molecular weight excluding hydrogens is 268 g/mol. The van der Waals surface area contributed by atoms with E-state index in [2.05, 4.69) is 15.9 Å². The molecule has 0 unspecified atom stereocenters. The van der Waals surface area contributed by atoms with Gasteiger partial charge in [-0.25, -0.2) is 4.79 Å². The number of carbonyl (C=O) groups excluding carboxylic acids is 2. The van der Waals surface area contributed by atoms with Crippen LogP contribution in [0.3, 0.4) is 0 Å². The van der Waals surface area contributed by atoms with Crippen molar-refractivity contribution in [3.63, 3.8) is 0 Å². The first kappa shape index (κ1) is 16.0. The molecule has 0 fully saturated rings. The van der Waals surface area contributed by atoms with E-state index in [-0.39, 0.29) is 5.91 Å². The van der Waals surface area contributed by atoms with E-state index >= 15 is 0 Å². The maximum absolute atomic E-state index is 11.3. The predicted molar refractivity (Wildman–Crippen MR) is 62.1 cm³/mol. The van der Waals surface area contributed by atoms with Crippen LogP contribution in [0.1, 0.15) is 26.7 Å². The standard InChI is InChI=1S/C7H13BrN2O2.H4OSi/c1-3-7(8,4-2)5(11)10-6(9)12;1-2/h3-4H2,1-2H3,(H3,9,10,11,12);1H,2H3. The lowest BCUT2D eigenvalue weighted by molar-refractivity contribution is -0.122. The minimum Gasteiger partial charge on any atom is -0.442 e. The molecule has 0 aromatic carbocycles. The van der Waals surface area contributed by atoms with Crippen LogP contribution in [0.5, 0.6) is 0 Å². The number of halogens is 1. The Bertz CT molecular complexity index is 197. The molecule has 0 saturated heterocycles. The van der Waals surface area contributed by atoms with E-state index in [1.54, 1.807) is 0 Å². The summed E-state index contributed by atoms with van der Waals surface area (Å²) < 4.78 is -0.665. The topological polar surface area (TPSA) is 92.4 Å². The van der Waals surface area contributed by atoms with Crippen LogP contribution >= 0.6 is 15.9 Å². The summed E-state index contributed by atoms with van der Waals surface area (Å²) in [5.74, 6) is -0.375. The highest BCUT2D eigenvalue weighted by atomic mass is 79.9. The highest BCUT2D eigenvalue weighted by Gasteiger charge is 2.32. The molecule has 0 saturated carbocycles. The number of primary amides is 1. The van der Waals surface area contributed by atoms with Gasteiger partial charge in [0.05, 0.1) is 0 Å². The number of urea groups is 1. The Morgan fingerprint density at radius 2 is 1.79 bits per heavy atom. The van der Waals surface area contributed by atoms with Crippen molar-refractivity contribution in [1.82, 2.24) is 5.32 Å². The molecule has 14 heavy (non-hydrogen) atoms. The van der Waals surface area contributed by atoms with Gasteiger partial charge in [-0.05, 0) is 12.8 Å². The maximum atomic E-state index is 11.3. The molecule has 7 heteroatoms. The second-order valence-corrected chi connectivity index (χ2v) is 4.01. The Balaban J connectivity index is 0. The SMILES string of the molecule is CCC(Br)(CC)C(=O)NC(N)=O.O[SiH3]. The number of nitrogens with one attached hydrogen (secondary N) is 1. The van der Waals surface area contributed by atoms with E-state index in [0.717, 1.165) is 0 Å². The fourth-order valence-corrected chi connectivity index (χ4v) is 0.894. The summed E-state index contributed by atoms with van der Waals surface area (Å²) in [6.07, 6.45) is 1.23. The Morgan fingerprint density at radius 3 is 2.00 bits per heavy atom. The monoisotopic (exact) mass is 284 g/mol. The lowest BCUT2D eigenvalue weighted by Crippen LogP contribution is -2.46. The average molecular weight is 285 g/mol. The third kappa shape index (κ3) is 5.35. The lowest BCUT2D eigenvalue weighted by atomic mass is 10.0. The fourth-order valence-electron chi connectivity index (χ4n) is 0.795. The number of hydrogen-bond donors (Lipinski definition) is 3. The van der Waals surface area contributed by atoms with E-state index in [4.69, 9.17) is 10.5 Å². The summed E-state index contributed by atoms with van der Waals surface area (Å²) >= 11 is 3.26. The quantitative estimate of drug-likeness (QED) is 0.477. The molecule has 0 radical (unpaired) electrons. The van der Waals surface area contributed by atoms with Crippen LogP contribution in [0.2, 0.25) is 0 Å². The zero-order chi connectivity index (χ0) is 11.8. The van der Waals surface area contributed by atoms with Crippen molar-refractivity contribution in [2.75, 3.05) is 0 Å². The molecule has 0 aliphatic carbocycles. The van der Waals surface area contributed by atoms with Crippen molar-refractivity contribution in [2.45, 2.75) is 31.0 Å². The van der Waals surface area contributed by atoms with Crippen molar-refractivity contribution >= 4 is 38.4 Å². The molecule has 84 valence electrons. The zero-order valence-corrected chi connectivity index (χ0v) is 12.2. The van der Waals surface area contributed by atoms with Crippen LogP contribution in [0.15, 0.2) is 0 Å². The van der Waals surface area contributed by atoms with Gasteiger partial charge in [0, 0.05) is 0 Å². The predicted octanol–water partition coefficient (Wildman–Crippen LogP) is -0.606.